The van der Waals surface area contributed by atoms with Crippen molar-refractivity contribution in [2.45, 2.75) is 39.5 Å². The minimum atomic E-state index is 0.0894. The Balaban J connectivity index is 0.000000209. The van der Waals surface area contributed by atoms with E-state index in [9.17, 15) is 4.79 Å². The van der Waals surface area contributed by atoms with Gasteiger partial charge in [-0.1, -0.05) is 73.7 Å². The smallest absolute Gasteiger partial charge is 0.207 e. The Morgan fingerprint density at radius 3 is 2.15 bits per heavy atom. The molecule has 1 aromatic heterocycles. The zero-order valence-electron chi connectivity index (χ0n) is 23.6. The number of hydrogen-bond acceptors (Lipinski definition) is 4. The molecule has 1 saturated heterocycles. The number of carbonyl (C=O) groups is 1. The third-order valence-electron chi connectivity index (χ3n) is 6.82. The second kappa shape index (κ2) is 16.7. The van der Waals surface area contributed by atoms with Crippen LogP contribution >= 0.6 is 0 Å². The lowest BCUT2D eigenvalue weighted by atomic mass is 10.0. The Hall–Kier alpha value is -4.23. The Morgan fingerprint density at radius 2 is 1.55 bits per heavy atom. The van der Waals surface area contributed by atoms with Gasteiger partial charge in [-0.25, -0.2) is 0 Å². The van der Waals surface area contributed by atoms with Gasteiger partial charge in [0.05, 0.1) is 6.54 Å². The number of anilines is 1. The second-order valence-corrected chi connectivity index (χ2v) is 10.00. The van der Waals surface area contributed by atoms with Gasteiger partial charge >= 0.3 is 0 Å². The van der Waals surface area contributed by atoms with Crippen molar-refractivity contribution in [2.75, 3.05) is 24.5 Å². The highest BCUT2D eigenvalue weighted by Crippen LogP contribution is 2.17. The van der Waals surface area contributed by atoms with Gasteiger partial charge in [0.2, 0.25) is 6.41 Å². The van der Waals surface area contributed by atoms with Gasteiger partial charge in [-0.15, -0.1) is 0 Å². The first-order valence-electron chi connectivity index (χ1n) is 13.9. The van der Waals surface area contributed by atoms with Crippen LogP contribution in [0.15, 0.2) is 91.1 Å². The molecule has 1 aliphatic heterocycles. The normalized spacial score (nSPS) is 12.8. The number of rotatable bonds is 7. The number of amides is 1. The molecule has 2 heterocycles. The second-order valence-electron chi connectivity index (χ2n) is 10.00. The average Bonchev–Trinajstić information content (AvgIpc) is 3.38. The molecule has 7 nitrogen and oxygen atoms in total. The number of benzene rings is 3. The summed E-state index contributed by atoms with van der Waals surface area (Å²) in [6, 6.07) is 27.6. The maximum absolute atomic E-state index is 10.5. The number of piperidine rings is 1. The van der Waals surface area contributed by atoms with Gasteiger partial charge in [0, 0.05) is 29.2 Å². The molecule has 0 aliphatic carbocycles. The molecule has 210 valence electrons. The number of H-pyrrole nitrogens is 1. The number of aromatic nitrogens is 1. The van der Waals surface area contributed by atoms with Gasteiger partial charge < -0.3 is 15.6 Å². The van der Waals surface area contributed by atoms with E-state index in [2.05, 4.69) is 47.7 Å². The molecule has 0 atom stereocenters. The lowest BCUT2D eigenvalue weighted by molar-refractivity contribution is -0.109. The van der Waals surface area contributed by atoms with E-state index < -0.39 is 0 Å². The average molecular weight is 539 g/mol. The van der Waals surface area contributed by atoms with Crippen molar-refractivity contribution in [3.05, 3.63) is 102 Å². The lowest BCUT2D eigenvalue weighted by Gasteiger charge is -2.25. The van der Waals surface area contributed by atoms with E-state index in [4.69, 9.17) is 10.8 Å². The van der Waals surface area contributed by atoms with E-state index in [-0.39, 0.29) is 12.4 Å². The number of nitrogens with zero attached hydrogens (tertiary/aromatic N) is 1. The number of amidine groups is 2. The highest BCUT2D eigenvalue weighted by molar-refractivity contribution is 6.17. The number of para-hydroxylation sites is 2. The summed E-state index contributed by atoms with van der Waals surface area (Å²) < 4.78 is 0. The molecule has 0 radical (unpaired) electrons. The number of aromatic amines is 1. The fourth-order valence-corrected chi connectivity index (χ4v) is 4.47. The third kappa shape index (κ3) is 9.82. The van der Waals surface area contributed by atoms with Crippen molar-refractivity contribution in [1.29, 1.82) is 10.8 Å². The molecule has 3 aromatic carbocycles. The zero-order valence-corrected chi connectivity index (χ0v) is 23.6. The highest BCUT2D eigenvalue weighted by atomic mass is 16.1. The standard InChI is InChI=1S/C18H20N4O.C9H9N.C6H13N/c19-17(12-11-15-7-3-1-4-8-15)22(18(20)13-21-14-23)16-9-5-2-6-10-16;1-7-6-10-9-5-3-2-4-8(7)9;1-6-2-4-7-5-3-6/h1-10,14,19-20H,11-13H2,(H,21,23);2-6,10H,1H3;6-7H,2-5H2,1H3. The van der Waals surface area contributed by atoms with Crippen LogP contribution in [0.25, 0.3) is 10.9 Å². The van der Waals surface area contributed by atoms with Crippen molar-refractivity contribution in [1.82, 2.24) is 15.6 Å². The van der Waals surface area contributed by atoms with E-state index in [1.165, 1.54) is 42.4 Å². The molecule has 0 unspecified atom stereocenters. The van der Waals surface area contributed by atoms with E-state index in [0.29, 0.717) is 18.7 Å². The predicted octanol–water partition coefficient (Wildman–Crippen LogP) is 6.31. The van der Waals surface area contributed by atoms with Crippen molar-refractivity contribution in [3.8, 4) is 0 Å². The fraction of sp³-hybridized carbons (Fsp3) is 0.303. The molecular formula is C33H42N6O. The Bertz CT molecular complexity index is 1310. The summed E-state index contributed by atoms with van der Waals surface area (Å²) >= 11 is 0. The molecule has 5 N–H and O–H groups in total. The van der Waals surface area contributed by atoms with Crippen molar-refractivity contribution < 1.29 is 4.79 Å². The molecule has 40 heavy (non-hydrogen) atoms. The van der Waals surface area contributed by atoms with Gasteiger partial charge in [0.15, 0.2) is 0 Å². The maximum Gasteiger partial charge on any atom is 0.207 e. The number of carbonyl (C=O) groups excluding carboxylic acids is 1. The topological polar surface area (TPSA) is 108 Å². The van der Waals surface area contributed by atoms with Crippen LogP contribution < -0.4 is 15.5 Å². The maximum atomic E-state index is 10.5. The quantitative estimate of drug-likeness (QED) is 0.108. The van der Waals surface area contributed by atoms with Gasteiger partial charge in [0.1, 0.15) is 11.7 Å². The Morgan fingerprint density at radius 1 is 0.925 bits per heavy atom. The van der Waals surface area contributed by atoms with Crippen molar-refractivity contribution in [3.63, 3.8) is 0 Å². The van der Waals surface area contributed by atoms with Crippen LogP contribution in [0.3, 0.4) is 0 Å². The minimum Gasteiger partial charge on any atom is -0.361 e. The van der Waals surface area contributed by atoms with Crippen LogP contribution in [-0.2, 0) is 11.2 Å². The summed E-state index contributed by atoms with van der Waals surface area (Å²) in [5.74, 6) is 1.47. The molecule has 1 aliphatic rings. The third-order valence-corrected chi connectivity index (χ3v) is 6.82. The van der Waals surface area contributed by atoms with Crippen LogP contribution in [0.4, 0.5) is 5.69 Å². The fourth-order valence-electron chi connectivity index (χ4n) is 4.47. The van der Waals surface area contributed by atoms with Gasteiger partial charge in [-0.05, 0) is 74.5 Å². The SMILES string of the molecule is CC1CCNCC1.Cc1c[nH]c2ccccc12.N=C(CCc1ccccc1)N(C(=N)CNC=O)c1ccccc1. The molecule has 4 aromatic rings. The van der Waals surface area contributed by atoms with Crippen LogP contribution in [0, 0.1) is 23.7 Å². The van der Waals surface area contributed by atoms with Gasteiger partial charge in [0.25, 0.3) is 0 Å². The number of aryl methyl sites for hydroxylation is 2. The number of hydrogen-bond donors (Lipinski definition) is 5. The summed E-state index contributed by atoms with van der Waals surface area (Å²) in [5.41, 5.74) is 4.45. The first-order chi connectivity index (χ1) is 19.5. The molecule has 0 bridgehead atoms. The molecule has 7 heteroatoms. The predicted molar refractivity (Wildman–Crippen MR) is 168 cm³/mol. The van der Waals surface area contributed by atoms with E-state index in [1.54, 1.807) is 4.90 Å². The summed E-state index contributed by atoms with van der Waals surface area (Å²) in [6.45, 7) is 6.99. The van der Waals surface area contributed by atoms with Crippen LogP contribution in [-0.4, -0.2) is 42.7 Å². The number of fused-ring (bicyclic) bond motifs is 1. The van der Waals surface area contributed by atoms with E-state index in [1.807, 2.05) is 72.9 Å². The molecule has 1 amide bonds. The van der Waals surface area contributed by atoms with Crippen LogP contribution in [0.1, 0.15) is 37.3 Å². The zero-order chi connectivity index (χ0) is 28.6. The summed E-state index contributed by atoms with van der Waals surface area (Å²) in [4.78, 5) is 15.2. The summed E-state index contributed by atoms with van der Waals surface area (Å²) in [6.07, 6.45) is 6.59. The molecular weight excluding hydrogens is 496 g/mol. The van der Waals surface area contributed by atoms with Gasteiger partial charge in [-0.2, -0.15) is 0 Å². The van der Waals surface area contributed by atoms with E-state index in [0.717, 1.165) is 23.6 Å². The minimum absolute atomic E-state index is 0.0894. The summed E-state index contributed by atoms with van der Waals surface area (Å²) in [5, 5.41) is 23.7. The molecule has 0 spiro atoms. The first-order valence-corrected chi connectivity index (χ1v) is 13.9. The van der Waals surface area contributed by atoms with Crippen molar-refractivity contribution >= 4 is 34.7 Å². The Kier molecular flexibility index (Phi) is 12.6. The van der Waals surface area contributed by atoms with Crippen molar-refractivity contribution in [2.24, 2.45) is 5.92 Å². The summed E-state index contributed by atoms with van der Waals surface area (Å²) in [7, 11) is 0. The molecule has 0 saturated carbocycles. The largest absolute Gasteiger partial charge is 0.361 e. The molecule has 1 fully saturated rings. The van der Waals surface area contributed by atoms with Crippen LogP contribution in [0.5, 0.6) is 0 Å². The van der Waals surface area contributed by atoms with Crippen LogP contribution in [0.2, 0.25) is 0 Å². The molecule has 5 rings (SSSR count). The highest BCUT2D eigenvalue weighted by Gasteiger charge is 2.17. The first kappa shape index (κ1) is 30.3. The lowest BCUT2D eigenvalue weighted by Crippen LogP contribution is -2.41. The monoisotopic (exact) mass is 538 g/mol. The van der Waals surface area contributed by atoms with E-state index >= 15 is 0 Å². The van der Waals surface area contributed by atoms with Gasteiger partial charge in [-0.3, -0.25) is 20.5 Å². The number of nitrogens with one attached hydrogen (secondary N) is 5. The Labute approximate surface area is 238 Å².